The van der Waals surface area contributed by atoms with Gasteiger partial charge in [-0.15, -0.1) is 0 Å². The number of anilines is 3. The van der Waals surface area contributed by atoms with E-state index in [1.807, 2.05) is 51.1 Å². The molecule has 4 heterocycles. The number of rotatable bonds is 5. The fraction of sp³-hybridized carbons (Fsp3) is 0.188. The number of hydrogen-bond acceptors (Lipinski definition) is 7. The van der Waals surface area contributed by atoms with Crippen molar-refractivity contribution in [1.82, 2.24) is 29.3 Å². The van der Waals surface area contributed by atoms with Crippen molar-refractivity contribution in [3.63, 3.8) is 0 Å². The predicted molar refractivity (Wildman–Crippen MR) is 170 cm³/mol. The largest absolute Gasteiger partial charge is 0.357 e. The van der Waals surface area contributed by atoms with Gasteiger partial charge in [0, 0.05) is 54.3 Å². The van der Waals surface area contributed by atoms with Crippen LogP contribution in [0.5, 0.6) is 0 Å². The Kier molecular flexibility index (Phi) is 7.04. The summed E-state index contributed by atoms with van der Waals surface area (Å²) in [4.78, 5) is 39.5. The molecule has 0 aliphatic carbocycles. The lowest BCUT2D eigenvalue weighted by Gasteiger charge is -2.14. The minimum absolute atomic E-state index is 0.0946. The van der Waals surface area contributed by atoms with Crippen molar-refractivity contribution in [1.29, 1.82) is 0 Å². The lowest BCUT2D eigenvalue weighted by Crippen LogP contribution is -2.22. The molecule has 0 aliphatic heterocycles. The quantitative estimate of drug-likeness (QED) is 0.229. The first-order chi connectivity index (χ1) is 21.0. The molecule has 4 aromatic heterocycles. The molecule has 0 unspecified atom stereocenters. The van der Waals surface area contributed by atoms with Crippen molar-refractivity contribution in [3.05, 3.63) is 94.9 Å². The number of hydrogen-bond donors (Lipinski definition) is 3. The molecule has 2 amide bonds. The number of carbonyl (C=O) groups is 1. The Morgan fingerprint density at radius 1 is 0.955 bits per heavy atom. The molecule has 0 bridgehead atoms. The van der Waals surface area contributed by atoms with Crippen LogP contribution in [0, 0.1) is 5.82 Å². The van der Waals surface area contributed by atoms with Crippen molar-refractivity contribution in [2.75, 3.05) is 23.0 Å². The van der Waals surface area contributed by atoms with Crippen LogP contribution in [0.25, 0.3) is 38.8 Å². The van der Waals surface area contributed by atoms with Gasteiger partial charge < -0.3 is 10.6 Å². The molecule has 0 radical (unpaired) electrons. The summed E-state index contributed by atoms with van der Waals surface area (Å²) < 4.78 is 18.0. The molecule has 6 rings (SSSR count). The average Bonchev–Trinajstić information content (AvgIpc) is 3.44. The molecule has 6 aromatic rings. The van der Waals surface area contributed by atoms with Crippen molar-refractivity contribution < 1.29 is 9.18 Å². The summed E-state index contributed by atoms with van der Waals surface area (Å²) in [6, 6.07) is 16.4. The summed E-state index contributed by atoms with van der Waals surface area (Å²) in [6.45, 7) is 6.08. The van der Waals surface area contributed by atoms with Gasteiger partial charge >= 0.3 is 6.03 Å². The summed E-state index contributed by atoms with van der Waals surface area (Å²) in [5.74, 6) is 0.124. The van der Waals surface area contributed by atoms with Crippen LogP contribution in [0.3, 0.4) is 0 Å². The van der Waals surface area contributed by atoms with E-state index in [9.17, 15) is 14.0 Å². The van der Waals surface area contributed by atoms with Crippen LogP contribution in [-0.4, -0.2) is 42.4 Å². The topological polar surface area (TPSA) is 132 Å². The molecule has 0 fully saturated rings. The van der Waals surface area contributed by atoms with Crippen LogP contribution in [0.15, 0.2) is 77.9 Å². The fourth-order valence-corrected chi connectivity index (χ4v) is 4.86. The zero-order chi connectivity index (χ0) is 31.2. The molecule has 0 saturated carbocycles. The van der Waals surface area contributed by atoms with Gasteiger partial charge in [-0.3, -0.25) is 19.7 Å². The summed E-state index contributed by atoms with van der Waals surface area (Å²) in [5.41, 5.74) is 2.77. The Labute approximate surface area is 251 Å². The van der Waals surface area contributed by atoms with Gasteiger partial charge in [0.1, 0.15) is 17.3 Å². The number of amides is 2. The Balaban J connectivity index is 1.32. The minimum atomic E-state index is -0.676. The van der Waals surface area contributed by atoms with E-state index in [0.29, 0.717) is 33.9 Å². The molecule has 12 heteroatoms. The molecular formula is C32H30FN9O2. The number of nitrogens with zero attached hydrogens (tertiary/aromatic N) is 6. The van der Waals surface area contributed by atoms with Crippen LogP contribution in [-0.2, 0) is 12.5 Å². The summed E-state index contributed by atoms with van der Waals surface area (Å²) in [5, 5.41) is 14.6. The smallest absolute Gasteiger partial charge is 0.324 e. The highest BCUT2D eigenvalue weighted by Crippen LogP contribution is 2.29. The highest BCUT2D eigenvalue weighted by molar-refractivity contribution is 6.00. The van der Waals surface area contributed by atoms with Crippen molar-refractivity contribution in [3.8, 4) is 16.8 Å². The summed E-state index contributed by atoms with van der Waals surface area (Å²) in [6.07, 6.45) is 3.33. The Morgan fingerprint density at radius 2 is 1.77 bits per heavy atom. The maximum absolute atomic E-state index is 15.0. The number of pyridine rings is 2. The average molecular weight is 592 g/mol. The van der Waals surface area contributed by atoms with Crippen molar-refractivity contribution >= 4 is 45.4 Å². The van der Waals surface area contributed by atoms with E-state index in [0.717, 1.165) is 22.3 Å². The second-order valence-electron chi connectivity index (χ2n) is 11.4. The summed E-state index contributed by atoms with van der Waals surface area (Å²) in [7, 11) is 3.30. The molecule has 0 aliphatic rings. The number of aromatic nitrogens is 6. The second kappa shape index (κ2) is 10.9. The highest BCUT2D eigenvalue weighted by Gasteiger charge is 2.22. The minimum Gasteiger partial charge on any atom is -0.357 e. The first-order valence-corrected chi connectivity index (χ1v) is 13.9. The SMILES string of the molecule is CNc1ncc2cc(-c3ccc(F)c(NC(=O)Nc4cc(C(C)(C)C)nn4-c4ccc5ncccc5c4)c3)c(=O)n(C)c2n1. The zero-order valence-corrected chi connectivity index (χ0v) is 24.8. The summed E-state index contributed by atoms with van der Waals surface area (Å²) >= 11 is 0. The van der Waals surface area contributed by atoms with Crippen LogP contribution in [0.1, 0.15) is 26.5 Å². The van der Waals surface area contributed by atoms with Crippen LogP contribution < -0.4 is 21.5 Å². The predicted octanol–water partition coefficient (Wildman–Crippen LogP) is 5.85. The van der Waals surface area contributed by atoms with Crippen molar-refractivity contribution in [2.24, 2.45) is 7.05 Å². The van der Waals surface area contributed by atoms with Crippen molar-refractivity contribution in [2.45, 2.75) is 26.2 Å². The van der Waals surface area contributed by atoms with E-state index in [-0.39, 0.29) is 16.7 Å². The number of nitrogens with one attached hydrogen (secondary N) is 3. The molecule has 222 valence electrons. The molecular weight excluding hydrogens is 561 g/mol. The zero-order valence-electron chi connectivity index (χ0n) is 24.8. The van der Waals surface area contributed by atoms with Gasteiger partial charge in [0.25, 0.3) is 5.56 Å². The normalized spacial score (nSPS) is 11.6. The van der Waals surface area contributed by atoms with E-state index >= 15 is 0 Å². The van der Waals surface area contributed by atoms with Crippen LogP contribution >= 0.6 is 0 Å². The Morgan fingerprint density at radius 3 is 2.55 bits per heavy atom. The Bertz CT molecular complexity index is 2130. The number of benzene rings is 2. The molecule has 2 aromatic carbocycles. The van der Waals surface area contributed by atoms with Gasteiger partial charge in [-0.1, -0.05) is 32.9 Å². The third-order valence-electron chi connectivity index (χ3n) is 7.25. The maximum Gasteiger partial charge on any atom is 0.324 e. The first-order valence-electron chi connectivity index (χ1n) is 13.9. The van der Waals surface area contributed by atoms with E-state index in [1.54, 1.807) is 43.3 Å². The number of fused-ring (bicyclic) bond motifs is 2. The number of carbonyl (C=O) groups excluding carboxylic acids is 1. The van der Waals surface area contributed by atoms with Gasteiger partial charge in [-0.05, 0) is 48.0 Å². The second-order valence-corrected chi connectivity index (χ2v) is 11.4. The van der Waals surface area contributed by atoms with Crippen LogP contribution in [0.4, 0.5) is 26.6 Å². The molecule has 11 nitrogen and oxygen atoms in total. The van der Waals surface area contributed by atoms with Gasteiger partial charge in [0.2, 0.25) is 5.95 Å². The lowest BCUT2D eigenvalue weighted by molar-refractivity contribution is 0.262. The molecule has 0 atom stereocenters. The first kappa shape index (κ1) is 28.5. The molecule has 3 N–H and O–H groups in total. The standard InChI is InChI=1S/C32H30FN9O2/c1-32(2,3)26-16-27(42(40-26)21-9-11-24-19(13-21)7-6-12-35-24)38-31(44)37-25-15-18(8-10-23(25)33)22-14-20-17-36-30(34-4)39-28(20)41(5)29(22)43/h6-17H,1-5H3,(H,34,36,39)(H2,37,38,44). The maximum atomic E-state index is 15.0. The van der Waals surface area contributed by atoms with Gasteiger partial charge in [0.15, 0.2) is 0 Å². The molecule has 44 heavy (non-hydrogen) atoms. The van der Waals surface area contributed by atoms with E-state index in [2.05, 4.69) is 30.9 Å². The van der Waals surface area contributed by atoms with E-state index < -0.39 is 11.8 Å². The monoisotopic (exact) mass is 591 g/mol. The van der Waals surface area contributed by atoms with Gasteiger partial charge in [-0.25, -0.2) is 18.9 Å². The van der Waals surface area contributed by atoms with E-state index in [4.69, 9.17) is 5.10 Å². The third-order valence-corrected chi connectivity index (χ3v) is 7.25. The number of aryl methyl sites for hydroxylation is 1. The highest BCUT2D eigenvalue weighted by atomic mass is 19.1. The van der Waals surface area contributed by atoms with Gasteiger partial charge in [0.05, 0.1) is 22.6 Å². The lowest BCUT2D eigenvalue weighted by atomic mass is 9.92. The number of urea groups is 1. The molecule has 0 spiro atoms. The number of halogens is 1. The molecule has 0 saturated heterocycles. The van der Waals surface area contributed by atoms with Gasteiger partial charge in [-0.2, -0.15) is 10.1 Å². The third kappa shape index (κ3) is 5.33. The van der Waals surface area contributed by atoms with Crippen LogP contribution in [0.2, 0.25) is 0 Å². The van der Waals surface area contributed by atoms with E-state index in [1.165, 1.54) is 22.8 Å². The fourth-order valence-electron chi connectivity index (χ4n) is 4.86. The Hall–Kier alpha value is -5.65.